The maximum atomic E-state index is 5.91. The van der Waals surface area contributed by atoms with E-state index in [1.165, 1.54) is 38.5 Å². The van der Waals surface area contributed by atoms with Crippen molar-refractivity contribution in [3.63, 3.8) is 0 Å². The third-order valence-corrected chi connectivity index (χ3v) is 3.84. The molecule has 0 aromatic carbocycles. The molecule has 0 spiro atoms. The molecule has 1 heterocycles. The van der Waals surface area contributed by atoms with Crippen LogP contribution in [0.5, 0.6) is 0 Å². The third-order valence-electron chi connectivity index (χ3n) is 2.94. The molecule has 16 heavy (non-hydrogen) atoms. The molecule has 0 bridgehead atoms. The molecule has 0 amide bonds. The van der Waals surface area contributed by atoms with Crippen molar-refractivity contribution in [3.8, 4) is 0 Å². The van der Waals surface area contributed by atoms with Crippen LogP contribution in [0.15, 0.2) is 6.20 Å². The molecule has 1 aromatic rings. The molecule has 0 aliphatic heterocycles. The summed E-state index contributed by atoms with van der Waals surface area (Å²) in [7, 11) is 0. The number of aromatic nitrogens is 1. The quantitative estimate of drug-likeness (QED) is 0.483. The minimum atomic E-state index is 0.443. The van der Waals surface area contributed by atoms with Gasteiger partial charge in [0, 0.05) is 6.20 Å². The highest BCUT2D eigenvalue weighted by Gasteiger charge is 2.13. The molecule has 1 aliphatic rings. The summed E-state index contributed by atoms with van der Waals surface area (Å²) in [6.45, 7) is 0.671. The Kier molecular flexibility index (Phi) is 4.56. The van der Waals surface area contributed by atoms with E-state index in [0.29, 0.717) is 12.7 Å². The van der Waals surface area contributed by atoms with Gasteiger partial charge in [-0.1, -0.05) is 37.0 Å². The molecule has 1 aliphatic carbocycles. The van der Waals surface area contributed by atoms with Crippen LogP contribution in [-0.2, 0) is 11.3 Å². The first kappa shape index (κ1) is 11.8. The fourth-order valence-electron chi connectivity index (χ4n) is 2.05. The van der Waals surface area contributed by atoms with Crippen LogP contribution < -0.4 is 11.3 Å². The molecule has 1 aromatic heterocycles. The largest absolute Gasteiger partial charge is 0.373 e. The van der Waals surface area contributed by atoms with Crippen LogP contribution in [0.2, 0.25) is 0 Å². The van der Waals surface area contributed by atoms with Crippen LogP contribution in [0, 0.1) is 0 Å². The summed E-state index contributed by atoms with van der Waals surface area (Å²) in [5.41, 5.74) is 2.55. The summed E-state index contributed by atoms with van der Waals surface area (Å²) >= 11 is 1.55. The molecule has 0 atom stereocenters. The zero-order valence-electron chi connectivity index (χ0n) is 9.45. The van der Waals surface area contributed by atoms with E-state index < -0.39 is 0 Å². The minimum absolute atomic E-state index is 0.443. The first-order valence-corrected chi connectivity index (χ1v) is 6.73. The molecule has 4 nitrogen and oxygen atoms in total. The summed E-state index contributed by atoms with van der Waals surface area (Å²) in [4.78, 5) is 5.26. The van der Waals surface area contributed by atoms with E-state index >= 15 is 0 Å². The number of rotatable bonds is 4. The zero-order chi connectivity index (χ0) is 11.2. The van der Waals surface area contributed by atoms with Gasteiger partial charge in [-0.25, -0.2) is 10.8 Å². The van der Waals surface area contributed by atoms with Crippen molar-refractivity contribution in [1.82, 2.24) is 4.98 Å². The normalized spacial score (nSPS) is 18.3. The number of thiazole rings is 1. The van der Waals surface area contributed by atoms with Gasteiger partial charge < -0.3 is 4.74 Å². The Labute approximate surface area is 100 Å². The van der Waals surface area contributed by atoms with E-state index in [9.17, 15) is 0 Å². The Hall–Kier alpha value is -0.650. The lowest BCUT2D eigenvalue weighted by atomic mass is 10.1. The highest BCUT2D eigenvalue weighted by Crippen LogP contribution is 2.23. The maximum absolute atomic E-state index is 5.91. The van der Waals surface area contributed by atoms with Crippen LogP contribution in [0.25, 0.3) is 0 Å². The number of nitrogens with zero attached hydrogens (tertiary/aromatic N) is 1. The van der Waals surface area contributed by atoms with Crippen molar-refractivity contribution >= 4 is 16.5 Å². The van der Waals surface area contributed by atoms with Crippen LogP contribution in [0.4, 0.5) is 5.13 Å². The zero-order valence-corrected chi connectivity index (χ0v) is 10.3. The lowest BCUT2D eigenvalue weighted by molar-refractivity contribution is 0.0324. The maximum Gasteiger partial charge on any atom is 0.197 e. The highest BCUT2D eigenvalue weighted by molar-refractivity contribution is 7.15. The van der Waals surface area contributed by atoms with Crippen molar-refractivity contribution in [2.45, 2.75) is 51.2 Å². The second kappa shape index (κ2) is 6.18. The van der Waals surface area contributed by atoms with Gasteiger partial charge in [-0.15, -0.1) is 0 Å². The fourth-order valence-corrected chi connectivity index (χ4v) is 2.69. The monoisotopic (exact) mass is 241 g/mol. The van der Waals surface area contributed by atoms with Gasteiger partial charge in [0.25, 0.3) is 0 Å². The van der Waals surface area contributed by atoms with Crippen LogP contribution in [0.1, 0.15) is 43.4 Å². The second-order valence-electron chi connectivity index (χ2n) is 4.20. The number of nitrogen functional groups attached to an aromatic ring is 1. The van der Waals surface area contributed by atoms with E-state index in [0.717, 1.165) is 10.0 Å². The highest BCUT2D eigenvalue weighted by atomic mass is 32.1. The SMILES string of the molecule is NNc1ncc(COC2CCCCCC2)s1. The van der Waals surface area contributed by atoms with Crippen LogP contribution >= 0.6 is 11.3 Å². The van der Waals surface area contributed by atoms with Gasteiger partial charge in [0.2, 0.25) is 0 Å². The van der Waals surface area contributed by atoms with Gasteiger partial charge >= 0.3 is 0 Å². The Bertz CT molecular complexity index is 308. The Morgan fingerprint density at radius 2 is 2.12 bits per heavy atom. The van der Waals surface area contributed by atoms with E-state index in [1.54, 1.807) is 11.3 Å². The first-order valence-electron chi connectivity index (χ1n) is 5.91. The molecule has 1 fully saturated rings. The molecule has 3 N–H and O–H groups in total. The van der Waals surface area contributed by atoms with Gasteiger partial charge in [-0.05, 0) is 12.8 Å². The van der Waals surface area contributed by atoms with Crippen molar-refractivity contribution in [3.05, 3.63) is 11.1 Å². The number of nitrogens with two attached hydrogens (primary N) is 1. The summed E-state index contributed by atoms with van der Waals surface area (Å²) in [6, 6.07) is 0. The van der Waals surface area contributed by atoms with Gasteiger partial charge in [-0.2, -0.15) is 0 Å². The van der Waals surface area contributed by atoms with Crippen LogP contribution in [0.3, 0.4) is 0 Å². The van der Waals surface area contributed by atoms with Crippen molar-refractivity contribution in [2.75, 3.05) is 5.43 Å². The average molecular weight is 241 g/mol. The Morgan fingerprint density at radius 3 is 2.75 bits per heavy atom. The predicted octanol–water partition coefficient (Wildman–Crippen LogP) is 2.67. The van der Waals surface area contributed by atoms with E-state index in [4.69, 9.17) is 10.6 Å². The number of hydrazine groups is 1. The van der Waals surface area contributed by atoms with Gasteiger partial charge in [0.05, 0.1) is 17.6 Å². The lowest BCUT2D eigenvalue weighted by Gasteiger charge is -2.14. The standard InChI is InChI=1S/C11H19N3OS/c12-14-11-13-7-10(16-11)8-15-9-5-3-1-2-4-6-9/h7,9H,1-6,8,12H2,(H,13,14). The topological polar surface area (TPSA) is 60.2 Å². The third kappa shape index (κ3) is 3.43. The number of nitrogens with one attached hydrogen (secondary N) is 1. The first-order chi connectivity index (χ1) is 7.88. The second-order valence-corrected chi connectivity index (χ2v) is 5.32. The number of hydrogen-bond acceptors (Lipinski definition) is 5. The molecule has 0 radical (unpaired) electrons. The van der Waals surface area contributed by atoms with Gasteiger partial charge in [0.1, 0.15) is 0 Å². The molecule has 1 saturated carbocycles. The lowest BCUT2D eigenvalue weighted by Crippen LogP contribution is -2.10. The van der Waals surface area contributed by atoms with Gasteiger partial charge in [-0.3, -0.25) is 5.43 Å². The summed E-state index contributed by atoms with van der Waals surface area (Å²) in [6.07, 6.45) is 10.0. The van der Waals surface area contributed by atoms with Crippen LogP contribution in [-0.4, -0.2) is 11.1 Å². The number of hydrogen-bond donors (Lipinski definition) is 2. The smallest absolute Gasteiger partial charge is 0.197 e. The molecule has 90 valence electrons. The molecule has 2 rings (SSSR count). The summed E-state index contributed by atoms with van der Waals surface area (Å²) in [5.74, 6) is 5.28. The van der Waals surface area contributed by atoms with E-state index in [1.807, 2.05) is 6.20 Å². The summed E-state index contributed by atoms with van der Waals surface area (Å²) in [5, 5.41) is 0.750. The van der Waals surface area contributed by atoms with Gasteiger partial charge in [0.15, 0.2) is 5.13 Å². The molecule has 0 saturated heterocycles. The predicted molar refractivity (Wildman–Crippen MR) is 66.2 cm³/mol. The summed E-state index contributed by atoms with van der Waals surface area (Å²) < 4.78 is 5.91. The molecular formula is C11H19N3OS. The molecule has 5 heteroatoms. The molecule has 0 unspecified atom stereocenters. The van der Waals surface area contributed by atoms with E-state index in [-0.39, 0.29) is 0 Å². The minimum Gasteiger partial charge on any atom is -0.373 e. The van der Waals surface area contributed by atoms with Crippen molar-refractivity contribution in [2.24, 2.45) is 5.84 Å². The Balaban J connectivity index is 1.77. The number of anilines is 1. The fraction of sp³-hybridized carbons (Fsp3) is 0.727. The van der Waals surface area contributed by atoms with Crippen molar-refractivity contribution < 1.29 is 4.74 Å². The van der Waals surface area contributed by atoms with E-state index in [2.05, 4.69) is 10.4 Å². The van der Waals surface area contributed by atoms with Crippen molar-refractivity contribution in [1.29, 1.82) is 0 Å². The average Bonchev–Trinajstić information content (AvgIpc) is 2.61. The molecular weight excluding hydrogens is 222 g/mol. The Morgan fingerprint density at radius 1 is 1.38 bits per heavy atom. The number of ether oxygens (including phenoxy) is 1.